The Hall–Kier alpha value is -1.76. The summed E-state index contributed by atoms with van der Waals surface area (Å²) < 4.78 is 5.53. The molecule has 0 N–H and O–H groups in total. The molecule has 0 aliphatic heterocycles. The lowest BCUT2D eigenvalue weighted by Gasteiger charge is -2.10. The Balaban J connectivity index is 1.41. The molecule has 0 aliphatic carbocycles. The molecule has 0 bridgehead atoms. The maximum atomic E-state index is 5.53. The Labute approximate surface area is 211 Å². The lowest BCUT2D eigenvalue weighted by molar-refractivity contribution is 0.416. The standard InChI is InChI=1S/C33H51O/c1-3-4-5-6-7-8-9-10-11-12-13-14-15-16-17-18-19-20-24-30-25-23-26-31(29-30)32-27-21-22-28-33(32)34-2/h21-23,26-29H,3-20,24H2,1-2H3. The molecule has 0 spiro atoms. The van der Waals surface area contributed by atoms with Crippen molar-refractivity contribution < 1.29 is 4.74 Å². The second-order valence-electron chi connectivity index (χ2n) is 10.1. The maximum Gasteiger partial charge on any atom is 0.126 e. The molecule has 189 valence electrons. The van der Waals surface area contributed by atoms with Crippen LogP contribution >= 0.6 is 0 Å². The number of para-hydroxylation sites is 1. The van der Waals surface area contributed by atoms with Crippen LogP contribution in [0.25, 0.3) is 11.1 Å². The summed E-state index contributed by atoms with van der Waals surface area (Å²) in [4.78, 5) is 0. The second kappa shape index (κ2) is 19.5. The van der Waals surface area contributed by atoms with Gasteiger partial charge >= 0.3 is 0 Å². The number of ether oxygens (including phenoxy) is 1. The van der Waals surface area contributed by atoms with Gasteiger partial charge in [0, 0.05) is 5.56 Å². The molecule has 0 aromatic heterocycles. The second-order valence-corrected chi connectivity index (χ2v) is 10.1. The zero-order valence-corrected chi connectivity index (χ0v) is 22.4. The molecule has 1 radical (unpaired) electrons. The fraction of sp³-hybridized carbons (Fsp3) is 0.636. The van der Waals surface area contributed by atoms with E-state index in [9.17, 15) is 0 Å². The van der Waals surface area contributed by atoms with Gasteiger partial charge < -0.3 is 4.74 Å². The summed E-state index contributed by atoms with van der Waals surface area (Å²) in [5.41, 5.74) is 3.71. The minimum atomic E-state index is 0.938. The number of methoxy groups -OCH3 is 1. The van der Waals surface area contributed by atoms with Crippen LogP contribution in [0, 0.1) is 6.07 Å². The van der Waals surface area contributed by atoms with Crippen molar-refractivity contribution in [3.05, 3.63) is 54.1 Å². The summed E-state index contributed by atoms with van der Waals surface area (Å²) in [6.07, 6.45) is 26.8. The molecule has 1 nitrogen and oxygen atoms in total. The van der Waals surface area contributed by atoms with Gasteiger partial charge in [-0.25, -0.2) is 0 Å². The fourth-order valence-electron chi connectivity index (χ4n) is 4.93. The lowest BCUT2D eigenvalue weighted by atomic mass is 9.99. The average Bonchev–Trinajstić information content (AvgIpc) is 2.88. The van der Waals surface area contributed by atoms with Gasteiger partial charge in [0.15, 0.2) is 0 Å². The van der Waals surface area contributed by atoms with Crippen LogP contribution in [0.15, 0.2) is 42.5 Å². The predicted molar refractivity (Wildman–Crippen MR) is 150 cm³/mol. The molecule has 0 saturated heterocycles. The molecule has 2 aromatic rings. The van der Waals surface area contributed by atoms with E-state index in [0.717, 1.165) is 17.7 Å². The molecule has 0 amide bonds. The number of hydrogen-bond donors (Lipinski definition) is 0. The van der Waals surface area contributed by atoms with E-state index in [2.05, 4.69) is 43.3 Å². The van der Waals surface area contributed by atoms with Crippen LogP contribution in [-0.2, 0) is 6.42 Å². The van der Waals surface area contributed by atoms with Crippen molar-refractivity contribution in [2.75, 3.05) is 7.11 Å². The number of aryl methyl sites for hydroxylation is 1. The van der Waals surface area contributed by atoms with Gasteiger partial charge in [-0.1, -0.05) is 152 Å². The molecule has 0 aliphatic rings. The smallest absolute Gasteiger partial charge is 0.126 e. The van der Waals surface area contributed by atoms with E-state index in [1.54, 1.807) is 7.11 Å². The van der Waals surface area contributed by atoms with Crippen LogP contribution in [0.3, 0.4) is 0 Å². The predicted octanol–water partition coefficient (Wildman–Crippen LogP) is 10.7. The SMILES string of the molecule is CCCCCCCCCCCCCCCCCCCCc1[c]ccc(-c2ccccc2OC)c1. The third kappa shape index (κ3) is 12.6. The minimum absolute atomic E-state index is 0.938. The van der Waals surface area contributed by atoms with Crippen LogP contribution in [0.2, 0.25) is 0 Å². The number of unbranched alkanes of at least 4 members (excludes halogenated alkanes) is 17. The zero-order chi connectivity index (χ0) is 24.1. The van der Waals surface area contributed by atoms with Gasteiger partial charge in [0.1, 0.15) is 5.75 Å². The highest BCUT2D eigenvalue weighted by Gasteiger charge is 2.05. The third-order valence-electron chi connectivity index (χ3n) is 7.08. The van der Waals surface area contributed by atoms with Crippen molar-refractivity contribution in [2.45, 2.75) is 129 Å². The molecule has 0 unspecified atom stereocenters. The first-order valence-electron chi connectivity index (χ1n) is 14.5. The Morgan fingerprint density at radius 2 is 1.12 bits per heavy atom. The van der Waals surface area contributed by atoms with Crippen LogP contribution in [0.4, 0.5) is 0 Å². The van der Waals surface area contributed by atoms with E-state index < -0.39 is 0 Å². The molecular weight excluding hydrogens is 412 g/mol. The molecule has 2 rings (SSSR count). The fourth-order valence-corrected chi connectivity index (χ4v) is 4.93. The van der Waals surface area contributed by atoms with E-state index in [4.69, 9.17) is 4.74 Å². The quantitative estimate of drug-likeness (QED) is 0.167. The van der Waals surface area contributed by atoms with E-state index in [1.165, 1.54) is 127 Å². The Morgan fingerprint density at radius 1 is 0.618 bits per heavy atom. The summed E-state index contributed by atoms with van der Waals surface area (Å²) in [5.74, 6) is 0.938. The van der Waals surface area contributed by atoms with Gasteiger partial charge in [0.05, 0.1) is 7.11 Å². The largest absolute Gasteiger partial charge is 0.496 e. The van der Waals surface area contributed by atoms with Crippen LogP contribution in [0.5, 0.6) is 5.75 Å². The summed E-state index contributed by atoms with van der Waals surface area (Å²) >= 11 is 0. The molecule has 1 heteroatoms. The first-order chi connectivity index (χ1) is 16.8. The lowest BCUT2D eigenvalue weighted by Crippen LogP contribution is -1.90. The van der Waals surface area contributed by atoms with E-state index in [-0.39, 0.29) is 0 Å². The van der Waals surface area contributed by atoms with Crippen molar-refractivity contribution in [2.24, 2.45) is 0 Å². The Kier molecular flexibility index (Phi) is 16.4. The summed E-state index contributed by atoms with van der Waals surface area (Å²) in [6, 6.07) is 18.2. The minimum Gasteiger partial charge on any atom is -0.496 e. The maximum absolute atomic E-state index is 5.53. The monoisotopic (exact) mass is 463 g/mol. The van der Waals surface area contributed by atoms with Crippen LogP contribution in [-0.4, -0.2) is 7.11 Å². The van der Waals surface area contributed by atoms with Gasteiger partial charge in [-0.15, -0.1) is 0 Å². The summed E-state index contributed by atoms with van der Waals surface area (Å²) in [7, 11) is 1.74. The zero-order valence-electron chi connectivity index (χ0n) is 22.4. The van der Waals surface area contributed by atoms with Gasteiger partial charge in [-0.05, 0) is 36.1 Å². The van der Waals surface area contributed by atoms with Crippen molar-refractivity contribution in [3.8, 4) is 16.9 Å². The van der Waals surface area contributed by atoms with Gasteiger partial charge in [0.2, 0.25) is 0 Å². The number of rotatable bonds is 21. The molecule has 0 fully saturated rings. The van der Waals surface area contributed by atoms with E-state index in [1.807, 2.05) is 12.1 Å². The highest BCUT2D eigenvalue weighted by molar-refractivity contribution is 5.70. The summed E-state index contributed by atoms with van der Waals surface area (Å²) in [5, 5.41) is 0. The average molecular weight is 464 g/mol. The highest BCUT2D eigenvalue weighted by atomic mass is 16.5. The van der Waals surface area contributed by atoms with E-state index >= 15 is 0 Å². The van der Waals surface area contributed by atoms with Crippen molar-refractivity contribution in [1.82, 2.24) is 0 Å². The molecular formula is C33H51O. The van der Waals surface area contributed by atoms with E-state index in [0.29, 0.717) is 0 Å². The number of benzene rings is 2. The Bertz CT molecular complexity index is 735. The van der Waals surface area contributed by atoms with Crippen LogP contribution < -0.4 is 4.74 Å². The topological polar surface area (TPSA) is 9.23 Å². The van der Waals surface area contributed by atoms with Crippen LogP contribution in [0.1, 0.15) is 128 Å². The molecule has 34 heavy (non-hydrogen) atoms. The van der Waals surface area contributed by atoms with Gasteiger partial charge in [0.25, 0.3) is 0 Å². The molecule has 0 atom stereocenters. The first-order valence-corrected chi connectivity index (χ1v) is 14.5. The molecule has 0 heterocycles. The normalized spacial score (nSPS) is 11.1. The third-order valence-corrected chi connectivity index (χ3v) is 7.08. The number of hydrogen-bond acceptors (Lipinski definition) is 1. The van der Waals surface area contributed by atoms with Gasteiger partial charge in [-0.3, -0.25) is 0 Å². The van der Waals surface area contributed by atoms with Crippen molar-refractivity contribution in [3.63, 3.8) is 0 Å². The molecule has 0 saturated carbocycles. The highest BCUT2D eigenvalue weighted by Crippen LogP contribution is 2.30. The van der Waals surface area contributed by atoms with Crippen molar-refractivity contribution in [1.29, 1.82) is 0 Å². The van der Waals surface area contributed by atoms with Crippen molar-refractivity contribution >= 4 is 0 Å². The molecule has 2 aromatic carbocycles. The Morgan fingerprint density at radius 3 is 1.65 bits per heavy atom. The van der Waals surface area contributed by atoms with Gasteiger partial charge in [-0.2, -0.15) is 0 Å². The summed E-state index contributed by atoms with van der Waals surface area (Å²) in [6.45, 7) is 2.30. The first kappa shape index (κ1) is 28.5.